The quantitative estimate of drug-likeness (QED) is 0.538. The van der Waals surface area contributed by atoms with E-state index in [4.69, 9.17) is 0 Å². The van der Waals surface area contributed by atoms with Gasteiger partial charge in [-0.25, -0.2) is 0 Å². The minimum Gasteiger partial charge on any atom is -0.365 e. The molecule has 2 nitrogen and oxygen atoms in total. The van der Waals surface area contributed by atoms with Crippen LogP contribution in [0.3, 0.4) is 0 Å². The minimum absolute atomic E-state index is 0.708. The molecule has 6 heteroatoms. The van der Waals surface area contributed by atoms with Gasteiger partial charge in [0.15, 0.2) is 0 Å². The highest BCUT2D eigenvalue weighted by Crippen LogP contribution is 2.31. The Morgan fingerprint density at radius 3 is 2.45 bits per heavy atom. The molecule has 0 aliphatic carbocycles. The maximum atomic E-state index is 12.0. The fourth-order valence-electron chi connectivity index (χ4n) is 0.580. The highest BCUT2D eigenvalue weighted by molar-refractivity contribution is 14.1. The summed E-state index contributed by atoms with van der Waals surface area (Å²) in [6.45, 7) is 0. The van der Waals surface area contributed by atoms with Gasteiger partial charge in [0.25, 0.3) is 0 Å². The summed E-state index contributed by atoms with van der Waals surface area (Å²) in [6.07, 6.45) is -0.670. The normalized spacial score (nSPS) is 17.8. The maximum Gasteiger partial charge on any atom is 0.433 e. The van der Waals surface area contributed by atoms with E-state index < -0.39 is 11.9 Å². The molecular weight excluding hydrogens is 272 g/mol. The standard InChI is InChI=1S/C5H4F3IN2/c6-5(7,8)4-3-10-1-2-11(4)9/h1-3,10H. The molecule has 0 spiro atoms. The average Bonchev–Trinajstić information content (AvgIpc) is 1.86. The molecule has 0 saturated carbocycles. The van der Waals surface area contributed by atoms with Gasteiger partial charge in [-0.05, 0) is 0 Å². The molecule has 1 aliphatic heterocycles. The molecule has 0 aromatic rings. The van der Waals surface area contributed by atoms with Crippen LogP contribution >= 0.6 is 22.9 Å². The number of hydrogen-bond donors (Lipinski definition) is 1. The average molecular weight is 276 g/mol. The lowest BCUT2D eigenvalue weighted by Gasteiger charge is -2.20. The van der Waals surface area contributed by atoms with Crippen molar-refractivity contribution < 1.29 is 13.2 Å². The van der Waals surface area contributed by atoms with Gasteiger partial charge in [-0.2, -0.15) is 13.2 Å². The summed E-state index contributed by atoms with van der Waals surface area (Å²) in [5.41, 5.74) is -0.708. The van der Waals surface area contributed by atoms with Crippen LogP contribution in [0.25, 0.3) is 0 Å². The van der Waals surface area contributed by atoms with Crippen molar-refractivity contribution in [1.29, 1.82) is 0 Å². The van der Waals surface area contributed by atoms with E-state index in [0.717, 1.165) is 9.31 Å². The summed E-state index contributed by atoms with van der Waals surface area (Å²) in [4.78, 5) is 0. The zero-order chi connectivity index (χ0) is 8.48. The van der Waals surface area contributed by atoms with E-state index in [9.17, 15) is 13.2 Å². The van der Waals surface area contributed by atoms with Crippen LogP contribution in [0.15, 0.2) is 24.3 Å². The largest absolute Gasteiger partial charge is 0.433 e. The highest BCUT2D eigenvalue weighted by atomic mass is 127. The van der Waals surface area contributed by atoms with Gasteiger partial charge < -0.3 is 5.32 Å². The van der Waals surface area contributed by atoms with Gasteiger partial charge in [0.05, 0.1) is 22.9 Å². The Bertz CT molecular complexity index is 208. The summed E-state index contributed by atoms with van der Waals surface area (Å²) < 4.78 is 37.0. The van der Waals surface area contributed by atoms with Crippen molar-refractivity contribution in [2.24, 2.45) is 0 Å². The Morgan fingerprint density at radius 1 is 1.45 bits per heavy atom. The first-order valence-electron chi connectivity index (χ1n) is 2.67. The smallest absolute Gasteiger partial charge is 0.365 e. The van der Waals surface area contributed by atoms with Crippen LogP contribution in [0.2, 0.25) is 0 Å². The Labute approximate surface area is 75.2 Å². The number of halogens is 4. The molecule has 0 saturated heterocycles. The summed E-state index contributed by atoms with van der Waals surface area (Å²) in [6, 6.07) is 0. The Morgan fingerprint density at radius 2 is 2.09 bits per heavy atom. The predicted molar refractivity (Wildman–Crippen MR) is 42.3 cm³/mol. The third kappa shape index (κ3) is 2.01. The molecule has 0 fully saturated rings. The van der Waals surface area contributed by atoms with Crippen LogP contribution in [-0.2, 0) is 0 Å². The molecule has 0 aromatic heterocycles. The molecule has 1 heterocycles. The van der Waals surface area contributed by atoms with E-state index in [1.54, 1.807) is 22.9 Å². The molecule has 1 N–H and O–H groups in total. The van der Waals surface area contributed by atoms with Crippen molar-refractivity contribution in [2.75, 3.05) is 0 Å². The van der Waals surface area contributed by atoms with E-state index in [-0.39, 0.29) is 0 Å². The zero-order valence-electron chi connectivity index (χ0n) is 5.19. The second kappa shape index (κ2) is 2.92. The molecule has 0 aromatic carbocycles. The van der Waals surface area contributed by atoms with Crippen molar-refractivity contribution in [3.63, 3.8) is 0 Å². The number of rotatable bonds is 0. The minimum atomic E-state index is -4.29. The topological polar surface area (TPSA) is 15.3 Å². The summed E-state index contributed by atoms with van der Waals surface area (Å²) in [7, 11) is 0. The number of nitrogens with one attached hydrogen (secondary N) is 1. The highest BCUT2D eigenvalue weighted by Gasteiger charge is 2.37. The summed E-state index contributed by atoms with van der Waals surface area (Å²) in [5, 5.41) is 2.36. The number of allylic oxidation sites excluding steroid dienone is 1. The van der Waals surface area contributed by atoms with E-state index >= 15 is 0 Å². The van der Waals surface area contributed by atoms with Gasteiger partial charge in [-0.15, -0.1) is 0 Å². The van der Waals surface area contributed by atoms with Crippen LogP contribution in [-0.4, -0.2) is 9.29 Å². The van der Waals surface area contributed by atoms with Gasteiger partial charge >= 0.3 is 6.18 Å². The Kier molecular flexibility index (Phi) is 2.31. The van der Waals surface area contributed by atoms with Crippen LogP contribution in [0.1, 0.15) is 0 Å². The third-order valence-electron chi connectivity index (χ3n) is 1.04. The zero-order valence-corrected chi connectivity index (χ0v) is 7.35. The Balaban J connectivity index is 2.80. The van der Waals surface area contributed by atoms with Crippen molar-refractivity contribution >= 4 is 22.9 Å². The molecule has 0 radical (unpaired) electrons. The van der Waals surface area contributed by atoms with Crippen LogP contribution in [0.5, 0.6) is 0 Å². The molecular formula is C5H4F3IN2. The number of nitrogens with zero attached hydrogens (tertiary/aromatic N) is 1. The van der Waals surface area contributed by atoms with Crippen LogP contribution < -0.4 is 5.32 Å². The molecule has 11 heavy (non-hydrogen) atoms. The predicted octanol–water partition coefficient (Wildman–Crippen LogP) is 2.12. The van der Waals surface area contributed by atoms with Gasteiger partial charge in [-0.3, -0.25) is 3.11 Å². The molecule has 0 unspecified atom stereocenters. The van der Waals surface area contributed by atoms with Crippen molar-refractivity contribution in [2.45, 2.75) is 6.18 Å². The van der Waals surface area contributed by atoms with Crippen molar-refractivity contribution in [1.82, 2.24) is 8.43 Å². The van der Waals surface area contributed by atoms with E-state index in [0.29, 0.717) is 0 Å². The fraction of sp³-hybridized carbons (Fsp3) is 0.200. The van der Waals surface area contributed by atoms with E-state index in [1.165, 1.54) is 12.4 Å². The molecule has 62 valence electrons. The first-order valence-corrected chi connectivity index (χ1v) is 3.63. The lowest BCUT2D eigenvalue weighted by Crippen LogP contribution is -2.25. The van der Waals surface area contributed by atoms with Gasteiger partial charge in [0.2, 0.25) is 0 Å². The molecule has 0 bridgehead atoms. The second-order valence-electron chi connectivity index (χ2n) is 1.82. The third-order valence-corrected chi connectivity index (χ3v) is 1.88. The van der Waals surface area contributed by atoms with E-state index in [2.05, 4.69) is 5.32 Å². The number of hydrogen-bond acceptors (Lipinski definition) is 2. The monoisotopic (exact) mass is 276 g/mol. The molecule has 0 amide bonds. The first kappa shape index (κ1) is 8.69. The van der Waals surface area contributed by atoms with Gasteiger partial charge in [-0.1, -0.05) is 0 Å². The summed E-state index contributed by atoms with van der Waals surface area (Å²) in [5.74, 6) is 0. The fourth-order valence-corrected chi connectivity index (χ4v) is 1.15. The number of alkyl halides is 3. The molecule has 1 rings (SSSR count). The Hall–Kier alpha value is -0.400. The lowest BCUT2D eigenvalue weighted by molar-refractivity contribution is -0.101. The van der Waals surface area contributed by atoms with E-state index in [1.807, 2.05) is 0 Å². The first-order chi connectivity index (χ1) is 5.02. The van der Waals surface area contributed by atoms with Gasteiger partial charge in [0, 0.05) is 18.6 Å². The maximum absolute atomic E-state index is 12.0. The van der Waals surface area contributed by atoms with Crippen molar-refractivity contribution in [3.8, 4) is 0 Å². The van der Waals surface area contributed by atoms with Gasteiger partial charge in [0.1, 0.15) is 5.70 Å². The lowest BCUT2D eigenvalue weighted by atomic mass is 10.4. The van der Waals surface area contributed by atoms with Crippen LogP contribution in [0.4, 0.5) is 13.2 Å². The second-order valence-corrected chi connectivity index (χ2v) is 2.86. The SMILES string of the molecule is FC(F)(F)C1=CNC=CN1I. The summed E-state index contributed by atoms with van der Waals surface area (Å²) >= 11 is 1.56. The molecule has 1 aliphatic rings. The van der Waals surface area contributed by atoms with Crippen LogP contribution in [0, 0.1) is 0 Å². The molecule has 0 atom stereocenters. The van der Waals surface area contributed by atoms with Crippen molar-refractivity contribution in [3.05, 3.63) is 24.3 Å².